The van der Waals surface area contributed by atoms with Crippen LogP contribution >= 0.6 is 15.6 Å². The molecule has 1 aromatic heterocycles. The van der Waals surface area contributed by atoms with Crippen LogP contribution in [0.2, 0.25) is 0 Å². The number of hydrogen-bond acceptors (Lipinski definition) is 27. The SMILES string of the molecule is CC([O-])=N[C@H]1[C@@H](OP(=O)(O)OP(=O)(O)OC[C@H]2O[C@@H](n3ccc(=O)[nH]c3=O)[C@H](O)[C@@H]2O)O[C@H](CO)[C@@H](O)[C@@H]1O[C@H](C)C(=O)N[C@@H](C)C(=O)N[C@H](CCC([O-])=N[C@@H](CCCCNS(=O)(=O)c1cccc2c(N(C)C)cccc12)C(=O)N[C@@H](C)C(=O)N[C@@H](C)C(=O)O)C(=O)O. The molecule has 2 aliphatic heterocycles. The smallest absolute Gasteiger partial charge is 0.483 e. The highest BCUT2D eigenvalue weighted by Crippen LogP contribution is 2.61. The first-order valence-corrected chi connectivity index (χ1v) is 32.8. The number of sulfonamides is 1. The number of nitrogens with one attached hydrogen (secondary N) is 6. The molecule has 0 bridgehead atoms. The van der Waals surface area contributed by atoms with Crippen molar-refractivity contribution < 1.29 is 125 Å². The summed E-state index contributed by atoms with van der Waals surface area (Å²) in [6.07, 6.45) is -18.0. The molecule has 2 aliphatic rings. The molecular weight excluding hydrogens is 1310 g/mol. The van der Waals surface area contributed by atoms with E-state index in [0.717, 1.165) is 38.7 Å². The second-order valence-corrected chi connectivity index (χ2v) is 26.2. The third-order valence-corrected chi connectivity index (χ3v) is 18.2. The van der Waals surface area contributed by atoms with Gasteiger partial charge in [-0.1, -0.05) is 24.3 Å². The molecule has 0 aliphatic carbocycles. The van der Waals surface area contributed by atoms with Crippen LogP contribution in [0.3, 0.4) is 0 Å². The van der Waals surface area contributed by atoms with Gasteiger partial charge in [0.2, 0.25) is 33.7 Å². The Morgan fingerprint density at radius 3 is 2.02 bits per heavy atom. The van der Waals surface area contributed by atoms with E-state index in [0.29, 0.717) is 15.3 Å². The fraction of sp³-hybridized carbons (Fsp3) is 0.577. The number of fused-ring (bicyclic) bond motifs is 1. The number of anilines is 1. The molecule has 14 N–H and O–H groups in total. The van der Waals surface area contributed by atoms with Gasteiger partial charge in [0.05, 0.1) is 18.1 Å². The number of aliphatic imine (C=N–C) groups is 2. The summed E-state index contributed by atoms with van der Waals surface area (Å²) in [6.45, 7) is 2.87. The van der Waals surface area contributed by atoms with Crippen molar-refractivity contribution in [3.63, 3.8) is 0 Å². The van der Waals surface area contributed by atoms with Crippen LogP contribution in [0.25, 0.3) is 10.8 Å². The molecule has 17 atom stereocenters. The number of ether oxygens (including phenoxy) is 3. The van der Waals surface area contributed by atoms with Gasteiger partial charge < -0.3 is 91.0 Å². The van der Waals surface area contributed by atoms with Crippen LogP contribution in [0, 0.1) is 0 Å². The summed E-state index contributed by atoms with van der Waals surface area (Å²) in [6, 6.07) is 0.991. The highest BCUT2D eigenvalue weighted by molar-refractivity contribution is 7.89. The highest BCUT2D eigenvalue weighted by Gasteiger charge is 2.52. The largest absolute Gasteiger partial charge is 0.862 e. The molecule has 93 heavy (non-hydrogen) atoms. The van der Waals surface area contributed by atoms with Gasteiger partial charge in [-0.3, -0.25) is 57.4 Å². The molecule has 5 rings (SSSR count). The molecule has 41 heteroatoms. The molecule has 0 radical (unpaired) electrons. The third kappa shape index (κ3) is 21.4. The predicted molar refractivity (Wildman–Crippen MR) is 316 cm³/mol. The number of phosphoric acid groups is 2. The van der Waals surface area contributed by atoms with E-state index in [1.807, 2.05) is 16.0 Å². The zero-order valence-electron chi connectivity index (χ0n) is 50.8. The number of H-pyrrole nitrogens is 1. The lowest BCUT2D eigenvalue weighted by Crippen LogP contribution is -2.61. The lowest BCUT2D eigenvalue weighted by Gasteiger charge is -2.43. The average Bonchev–Trinajstić information content (AvgIpc) is 1.45. The highest BCUT2D eigenvalue weighted by atomic mass is 32.2. The number of carboxylic acids is 2. The van der Waals surface area contributed by atoms with E-state index < -0.39 is 202 Å². The summed E-state index contributed by atoms with van der Waals surface area (Å²) in [5.41, 5.74) is -1.13. The van der Waals surface area contributed by atoms with Crippen molar-refractivity contribution >= 4 is 89.5 Å². The molecule has 2 fully saturated rings. The van der Waals surface area contributed by atoms with Gasteiger partial charge in [0.15, 0.2) is 12.5 Å². The number of aromatic nitrogens is 2. The van der Waals surface area contributed by atoms with Gasteiger partial charge >= 0.3 is 33.3 Å². The van der Waals surface area contributed by atoms with Gasteiger partial charge in [0, 0.05) is 49.4 Å². The lowest BCUT2D eigenvalue weighted by molar-refractivity contribution is -0.259. The van der Waals surface area contributed by atoms with E-state index in [2.05, 4.69) is 44.8 Å². The Kier molecular flexibility index (Phi) is 27.4. The number of phosphoric ester groups is 2. The number of rotatable bonds is 34. The third-order valence-electron chi connectivity index (χ3n) is 14.1. The van der Waals surface area contributed by atoms with E-state index in [-0.39, 0.29) is 30.7 Å². The molecule has 3 aromatic rings. The Balaban J connectivity index is 1.20. The fourth-order valence-corrected chi connectivity index (χ4v) is 12.7. The summed E-state index contributed by atoms with van der Waals surface area (Å²) in [7, 11) is -12.3. The number of hydrogen-bond donors (Lipinski definition) is 14. The molecule has 4 amide bonds. The first kappa shape index (κ1) is 76.5. The Bertz CT molecular complexity index is 3570. The Morgan fingerprint density at radius 2 is 1.41 bits per heavy atom. The lowest BCUT2D eigenvalue weighted by atomic mass is 9.97. The number of aromatic amines is 1. The summed E-state index contributed by atoms with van der Waals surface area (Å²) in [4.78, 5) is 133. The van der Waals surface area contributed by atoms with E-state index >= 15 is 0 Å². The fourth-order valence-electron chi connectivity index (χ4n) is 9.26. The average molecular weight is 1380 g/mol. The van der Waals surface area contributed by atoms with Crippen molar-refractivity contribution in [2.45, 2.75) is 163 Å². The number of unbranched alkanes of at least 4 members (excludes halogenated alkanes) is 1. The molecular formula is C52H74N10O28P2S-2. The maximum atomic E-state index is 13.6. The number of amides is 4. The minimum atomic E-state index is -6.01. The van der Waals surface area contributed by atoms with E-state index in [4.69, 9.17) is 18.7 Å². The van der Waals surface area contributed by atoms with Crippen LogP contribution in [0.5, 0.6) is 0 Å². The first-order valence-electron chi connectivity index (χ1n) is 28.3. The van der Waals surface area contributed by atoms with Crippen LogP contribution in [0.4, 0.5) is 5.69 Å². The van der Waals surface area contributed by atoms with Crippen LogP contribution in [-0.4, -0.2) is 225 Å². The minimum absolute atomic E-state index is 0.00425. The van der Waals surface area contributed by atoms with Gasteiger partial charge in [0.1, 0.15) is 79.0 Å². The molecule has 518 valence electrons. The number of aliphatic hydroxyl groups is 4. The zero-order valence-corrected chi connectivity index (χ0v) is 53.4. The van der Waals surface area contributed by atoms with Crippen molar-refractivity contribution in [1.82, 2.24) is 35.5 Å². The number of carbonyl (C=O) groups is 6. The van der Waals surface area contributed by atoms with Gasteiger partial charge in [-0.25, -0.2) is 31.9 Å². The molecule has 2 unspecified atom stereocenters. The van der Waals surface area contributed by atoms with Crippen molar-refractivity contribution in [2.24, 2.45) is 9.98 Å². The number of carbonyl (C=O) groups excluding carboxylic acids is 4. The van der Waals surface area contributed by atoms with Crippen LogP contribution in [0.1, 0.15) is 73.0 Å². The predicted octanol–water partition coefficient (Wildman–Crippen LogP) is -5.15. The van der Waals surface area contributed by atoms with Crippen molar-refractivity contribution in [2.75, 3.05) is 38.8 Å². The molecule has 3 heterocycles. The number of carboxylic acid groups (broad SMARTS) is 2. The first-order chi connectivity index (χ1) is 43.4. The normalized spacial score (nSPS) is 24.4. The maximum absolute atomic E-state index is 13.6. The van der Waals surface area contributed by atoms with Gasteiger partial charge in [-0.05, 0) is 90.7 Å². The second-order valence-electron chi connectivity index (χ2n) is 21.5. The van der Waals surface area contributed by atoms with Crippen LogP contribution < -0.4 is 52.4 Å². The molecule has 2 aromatic carbocycles. The minimum Gasteiger partial charge on any atom is -0.862 e. The summed E-state index contributed by atoms with van der Waals surface area (Å²) >= 11 is 0. The molecule has 0 spiro atoms. The van der Waals surface area contributed by atoms with E-state index in [9.17, 15) is 107 Å². The number of benzene rings is 2. The van der Waals surface area contributed by atoms with E-state index in [1.165, 1.54) is 19.9 Å². The van der Waals surface area contributed by atoms with Gasteiger partial charge in [0.25, 0.3) is 5.56 Å². The van der Waals surface area contributed by atoms with Crippen LogP contribution in [-0.2, 0) is 75.5 Å². The summed E-state index contributed by atoms with van der Waals surface area (Å²) in [5.74, 6) is -9.51. The van der Waals surface area contributed by atoms with Crippen molar-refractivity contribution in [1.29, 1.82) is 0 Å². The molecule has 2 saturated heterocycles. The quantitative estimate of drug-likeness (QED) is 0.0115. The number of aliphatic hydroxyl groups excluding tert-OH is 4. The van der Waals surface area contributed by atoms with Crippen molar-refractivity contribution in [3.05, 3.63) is 69.5 Å². The maximum Gasteiger partial charge on any atom is 0.483 e. The Morgan fingerprint density at radius 1 is 0.785 bits per heavy atom. The Labute approximate surface area is 529 Å². The van der Waals surface area contributed by atoms with Crippen molar-refractivity contribution in [3.8, 4) is 0 Å². The van der Waals surface area contributed by atoms with Gasteiger partial charge in [-0.15, -0.1) is 0 Å². The van der Waals surface area contributed by atoms with E-state index in [1.54, 1.807) is 38.4 Å². The monoisotopic (exact) mass is 1380 g/mol. The standard InChI is InChI=1S/C52H76N10O28P2S/c1-24(44(70)56-26(3)49(74)75)55-47(73)31(14-8-9-20-53-93(83,84)36-16-11-12-29-30(36)13-10-15-33(29)61(6)7)58-37(65)18-17-32(50(76)77)59-45(71)25(2)54-46(72)27(4)86-43-39(57-28(5)64)51(88-34(22-63)41(43)68)89-92(81,82)90-91(79,80)85-23-35-40(67)42(69)48(87-35)62-21-19-38(66)60-52(62)78/h10-13,15-16,19,21,24-27,31-32,34-35,39-43,48,51,53,63,67-69H,8-9,14,17-18,20,22-23H2,1-7H3,(H,54,72)(H,55,73)(H,56,70)(H,57,64)(H,58,65)(H,59,71)(H,74,75)(H,76,77)(H,79,80)(H,81,82)(H,60,66,78)/p-2/t24-,25-,26-,27+,31-,32+,34+,35+,39+,40+,41+,42+,43+,48+,51+/m0/s1. The summed E-state index contributed by atoms with van der Waals surface area (Å²) < 4.78 is 86.8. The van der Waals surface area contributed by atoms with Crippen LogP contribution in [0.15, 0.2) is 73.1 Å². The molecule has 0 saturated carbocycles. The Hall–Kier alpha value is -7.17. The number of nitrogens with zero attached hydrogens (tertiary/aromatic N) is 4. The topological polar surface area (TPSA) is 577 Å². The zero-order chi connectivity index (χ0) is 69.6. The second kappa shape index (κ2) is 33.3. The van der Waals surface area contributed by atoms with Gasteiger partial charge in [-0.2, -0.15) is 4.31 Å². The molecule has 38 nitrogen and oxygen atoms in total. The number of aliphatic carboxylic acids is 2. The summed E-state index contributed by atoms with van der Waals surface area (Å²) in [5, 5.41) is 97.2.